The second-order valence-corrected chi connectivity index (χ2v) is 6.29. The molecule has 2 rings (SSSR count). The number of aryl methyl sites for hydroxylation is 2. The molecule has 0 spiro atoms. The SMILES string of the molecule is CNC(c1ccc(C)cc1C)C1CN(C)CCCN1C. The number of hydrogen-bond donors (Lipinski definition) is 1. The molecule has 112 valence electrons. The van der Waals surface area contributed by atoms with E-state index in [0.717, 1.165) is 6.54 Å². The summed E-state index contributed by atoms with van der Waals surface area (Å²) >= 11 is 0. The third kappa shape index (κ3) is 3.40. The second-order valence-electron chi connectivity index (χ2n) is 6.29. The summed E-state index contributed by atoms with van der Waals surface area (Å²) in [6.07, 6.45) is 1.26. The maximum atomic E-state index is 3.56. The van der Waals surface area contributed by atoms with Crippen LogP contribution in [0.4, 0.5) is 0 Å². The Hall–Kier alpha value is -0.900. The van der Waals surface area contributed by atoms with Crippen molar-refractivity contribution in [3.63, 3.8) is 0 Å². The highest BCUT2D eigenvalue weighted by molar-refractivity contribution is 5.33. The molecular weight excluding hydrogens is 246 g/mol. The average Bonchev–Trinajstić information content (AvgIpc) is 2.55. The van der Waals surface area contributed by atoms with E-state index in [9.17, 15) is 0 Å². The first-order chi connectivity index (χ1) is 9.52. The Kier molecular flexibility index (Phi) is 5.19. The van der Waals surface area contributed by atoms with Gasteiger partial charge in [-0.1, -0.05) is 23.8 Å². The van der Waals surface area contributed by atoms with Crippen molar-refractivity contribution in [1.82, 2.24) is 15.1 Å². The molecule has 0 aliphatic carbocycles. The van der Waals surface area contributed by atoms with Crippen molar-refractivity contribution in [1.29, 1.82) is 0 Å². The zero-order valence-corrected chi connectivity index (χ0v) is 13.6. The van der Waals surface area contributed by atoms with Gasteiger partial charge in [0.15, 0.2) is 0 Å². The fourth-order valence-electron chi connectivity index (χ4n) is 3.40. The van der Waals surface area contributed by atoms with E-state index in [0.29, 0.717) is 12.1 Å². The molecule has 0 aromatic heterocycles. The highest BCUT2D eigenvalue weighted by Gasteiger charge is 2.29. The van der Waals surface area contributed by atoms with Crippen LogP contribution in [0.1, 0.15) is 29.2 Å². The number of nitrogens with one attached hydrogen (secondary N) is 1. The van der Waals surface area contributed by atoms with Crippen molar-refractivity contribution in [2.45, 2.75) is 32.4 Å². The summed E-state index contributed by atoms with van der Waals surface area (Å²) in [5.74, 6) is 0. The van der Waals surface area contributed by atoms with Gasteiger partial charge < -0.3 is 15.1 Å². The lowest BCUT2D eigenvalue weighted by Gasteiger charge is -2.35. The highest BCUT2D eigenvalue weighted by Crippen LogP contribution is 2.26. The van der Waals surface area contributed by atoms with Gasteiger partial charge >= 0.3 is 0 Å². The highest BCUT2D eigenvalue weighted by atomic mass is 15.2. The smallest absolute Gasteiger partial charge is 0.0490 e. The first-order valence-electron chi connectivity index (χ1n) is 7.66. The molecule has 1 aliphatic heterocycles. The molecule has 1 aromatic rings. The Balaban J connectivity index is 2.29. The Bertz CT molecular complexity index is 444. The predicted octanol–water partition coefficient (Wildman–Crippen LogP) is 2.20. The summed E-state index contributed by atoms with van der Waals surface area (Å²) in [6.45, 7) is 7.89. The fraction of sp³-hybridized carbons (Fsp3) is 0.647. The minimum absolute atomic E-state index is 0.390. The number of nitrogens with zero attached hydrogens (tertiary/aromatic N) is 2. The van der Waals surface area contributed by atoms with Crippen molar-refractivity contribution >= 4 is 0 Å². The summed E-state index contributed by atoms with van der Waals surface area (Å²) in [5.41, 5.74) is 4.17. The van der Waals surface area contributed by atoms with E-state index in [1.54, 1.807) is 0 Å². The van der Waals surface area contributed by atoms with Gasteiger partial charge in [-0.25, -0.2) is 0 Å². The molecule has 1 aliphatic rings. The van der Waals surface area contributed by atoms with Crippen LogP contribution in [0.15, 0.2) is 18.2 Å². The lowest BCUT2D eigenvalue weighted by atomic mass is 9.93. The molecule has 20 heavy (non-hydrogen) atoms. The van der Waals surface area contributed by atoms with Crippen molar-refractivity contribution in [2.24, 2.45) is 0 Å². The first-order valence-corrected chi connectivity index (χ1v) is 7.66. The lowest BCUT2D eigenvalue weighted by Crippen LogP contribution is -2.46. The van der Waals surface area contributed by atoms with Crippen molar-refractivity contribution in [2.75, 3.05) is 40.8 Å². The van der Waals surface area contributed by atoms with Gasteiger partial charge in [-0.3, -0.25) is 0 Å². The predicted molar refractivity (Wildman–Crippen MR) is 86.2 cm³/mol. The van der Waals surface area contributed by atoms with Crippen LogP contribution in [0.2, 0.25) is 0 Å². The van der Waals surface area contributed by atoms with Crippen molar-refractivity contribution in [3.05, 3.63) is 34.9 Å². The quantitative estimate of drug-likeness (QED) is 0.912. The van der Waals surface area contributed by atoms with Gasteiger partial charge in [0.25, 0.3) is 0 Å². The van der Waals surface area contributed by atoms with Crippen LogP contribution in [0, 0.1) is 13.8 Å². The molecule has 3 nitrogen and oxygen atoms in total. The molecule has 1 N–H and O–H groups in total. The molecule has 2 unspecified atom stereocenters. The van der Waals surface area contributed by atoms with E-state index in [4.69, 9.17) is 0 Å². The van der Waals surface area contributed by atoms with Crippen LogP contribution in [0.25, 0.3) is 0 Å². The van der Waals surface area contributed by atoms with E-state index >= 15 is 0 Å². The number of rotatable bonds is 3. The Labute approximate surface area is 124 Å². The molecule has 1 saturated heterocycles. The van der Waals surface area contributed by atoms with Gasteiger partial charge in [0.05, 0.1) is 0 Å². The third-order valence-electron chi connectivity index (χ3n) is 4.57. The molecular formula is C17H29N3. The normalized spacial score (nSPS) is 23.6. The molecule has 1 aromatic carbocycles. The van der Waals surface area contributed by atoms with Crippen molar-refractivity contribution < 1.29 is 0 Å². The minimum Gasteiger partial charge on any atom is -0.312 e. The third-order valence-corrected chi connectivity index (χ3v) is 4.57. The molecule has 0 saturated carbocycles. The standard InChI is InChI=1S/C17H29N3/c1-13-7-8-15(14(2)11-13)17(18-3)16-12-19(4)9-6-10-20(16)5/h7-8,11,16-18H,6,9-10,12H2,1-5H3. The molecule has 0 radical (unpaired) electrons. The monoisotopic (exact) mass is 275 g/mol. The van der Waals surface area contributed by atoms with Crippen LogP contribution >= 0.6 is 0 Å². The fourth-order valence-corrected chi connectivity index (χ4v) is 3.40. The number of hydrogen-bond acceptors (Lipinski definition) is 3. The summed E-state index contributed by atoms with van der Waals surface area (Å²) in [6, 6.07) is 7.73. The van der Waals surface area contributed by atoms with Crippen molar-refractivity contribution in [3.8, 4) is 0 Å². The molecule has 1 heterocycles. The van der Waals surface area contributed by atoms with Crippen LogP contribution in [-0.4, -0.2) is 56.6 Å². The summed E-state index contributed by atoms with van der Waals surface area (Å²) in [4.78, 5) is 4.98. The maximum absolute atomic E-state index is 3.56. The molecule has 0 amide bonds. The van der Waals surface area contributed by atoms with E-state index < -0.39 is 0 Å². The van der Waals surface area contributed by atoms with Crippen LogP contribution in [0.3, 0.4) is 0 Å². The number of likely N-dealkylation sites (N-methyl/N-ethyl adjacent to an activating group) is 3. The van der Waals surface area contributed by atoms with E-state index in [2.05, 4.69) is 68.3 Å². The van der Waals surface area contributed by atoms with Gasteiger partial charge in [0.1, 0.15) is 0 Å². The lowest BCUT2D eigenvalue weighted by molar-refractivity contribution is 0.182. The largest absolute Gasteiger partial charge is 0.312 e. The topological polar surface area (TPSA) is 18.5 Å². The zero-order chi connectivity index (χ0) is 14.7. The summed E-state index contributed by atoms with van der Waals surface area (Å²) < 4.78 is 0. The minimum atomic E-state index is 0.390. The van der Waals surface area contributed by atoms with E-state index in [1.807, 2.05) is 0 Å². The average molecular weight is 275 g/mol. The van der Waals surface area contributed by atoms with Crippen LogP contribution in [0.5, 0.6) is 0 Å². The Morgan fingerprint density at radius 3 is 2.60 bits per heavy atom. The second kappa shape index (κ2) is 6.70. The molecule has 0 bridgehead atoms. The Morgan fingerprint density at radius 2 is 1.95 bits per heavy atom. The molecule has 3 heteroatoms. The maximum Gasteiger partial charge on any atom is 0.0490 e. The van der Waals surface area contributed by atoms with Crippen LogP contribution in [-0.2, 0) is 0 Å². The summed E-state index contributed by atoms with van der Waals surface area (Å²) in [7, 11) is 6.58. The number of benzene rings is 1. The molecule has 1 fully saturated rings. The van der Waals surface area contributed by atoms with Gasteiger partial charge in [0.2, 0.25) is 0 Å². The first kappa shape index (κ1) is 15.5. The van der Waals surface area contributed by atoms with Gasteiger partial charge in [-0.2, -0.15) is 0 Å². The zero-order valence-electron chi connectivity index (χ0n) is 13.6. The van der Waals surface area contributed by atoms with Gasteiger partial charge in [-0.15, -0.1) is 0 Å². The van der Waals surface area contributed by atoms with E-state index in [-0.39, 0.29) is 0 Å². The van der Waals surface area contributed by atoms with Crippen LogP contribution < -0.4 is 5.32 Å². The molecule has 2 atom stereocenters. The van der Waals surface area contributed by atoms with Gasteiger partial charge in [0, 0.05) is 18.6 Å². The van der Waals surface area contributed by atoms with Gasteiger partial charge in [-0.05, 0) is 65.6 Å². The summed E-state index contributed by atoms with van der Waals surface area (Å²) in [5, 5.41) is 3.56. The van der Waals surface area contributed by atoms with E-state index in [1.165, 1.54) is 36.2 Å². The Morgan fingerprint density at radius 1 is 1.20 bits per heavy atom.